The monoisotopic (exact) mass is 364 g/mol. The Morgan fingerprint density at radius 2 is 1.92 bits per heavy atom. The zero-order valence-electron chi connectivity index (χ0n) is 13.9. The Bertz CT molecular complexity index is 697. The van der Waals surface area contributed by atoms with Gasteiger partial charge in [0.15, 0.2) is 0 Å². The average Bonchev–Trinajstić information content (AvgIpc) is 3.21. The largest absolute Gasteiger partial charge is 0.327 e. The van der Waals surface area contributed by atoms with Crippen molar-refractivity contribution < 1.29 is 19.2 Å². The summed E-state index contributed by atoms with van der Waals surface area (Å²) in [5, 5.41) is 1.75. The number of nitrogens with zero attached hydrogens (tertiary/aromatic N) is 2. The summed E-state index contributed by atoms with van der Waals surface area (Å²) in [5.74, 6) is -1.38. The molecule has 5 amide bonds. The molecule has 1 spiro atoms. The van der Waals surface area contributed by atoms with Gasteiger partial charge in [0.1, 0.15) is 12.1 Å². The second-order valence-corrected chi connectivity index (χ2v) is 7.25. The van der Waals surface area contributed by atoms with Crippen molar-refractivity contribution in [2.24, 2.45) is 0 Å². The van der Waals surface area contributed by atoms with Crippen LogP contribution < -0.4 is 10.9 Å². The fourth-order valence-corrected chi connectivity index (χ4v) is 4.07. The maximum absolute atomic E-state index is 12.8. The summed E-state index contributed by atoms with van der Waals surface area (Å²) in [6.45, 7) is -0.408. The van der Waals surface area contributed by atoms with Gasteiger partial charge in [0.2, 0.25) is 0 Å². The lowest BCUT2D eigenvalue weighted by Gasteiger charge is -2.35. The molecule has 1 aromatic heterocycles. The predicted molar refractivity (Wildman–Crippen MR) is 90.6 cm³/mol. The third-order valence-corrected chi connectivity index (χ3v) is 5.71. The van der Waals surface area contributed by atoms with Crippen molar-refractivity contribution in [3.63, 3.8) is 0 Å². The van der Waals surface area contributed by atoms with Crippen molar-refractivity contribution in [2.75, 3.05) is 13.6 Å². The number of hydrogen-bond acceptors (Lipinski definition) is 5. The van der Waals surface area contributed by atoms with E-state index in [2.05, 4.69) is 10.9 Å². The highest BCUT2D eigenvalue weighted by Crippen LogP contribution is 2.39. The predicted octanol–water partition coefficient (Wildman–Crippen LogP) is 1.11. The van der Waals surface area contributed by atoms with Crippen LogP contribution in [-0.4, -0.2) is 52.7 Å². The van der Waals surface area contributed by atoms with Crippen LogP contribution in [0, 0.1) is 0 Å². The molecule has 8 nitrogen and oxygen atoms in total. The fourth-order valence-electron chi connectivity index (χ4n) is 3.45. The number of imide groups is 1. The Labute approximate surface area is 149 Å². The SMILES string of the molecule is CN1C(=O)N(CC(=O)NNC(=O)c2cccs2)C(=O)C12CCCCC2. The molecule has 1 aromatic rings. The quantitative estimate of drug-likeness (QED) is 0.620. The van der Waals surface area contributed by atoms with E-state index in [4.69, 9.17) is 0 Å². The van der Waals surface area contributed by atoms with Crippen molar-refractivity contribution in [3.05, 3.63) is 22.4 Å². The van der Waals surface area contributed by atoms with Crippen LogP contribution in [0.1, 0.15) is 41.8 Å². The molecule has 2 aliphatic rings. The van der Waals surface area contributed by atoms with Gasteiger partial charge < -0.3 is 4.90 Å². The highest BCUT2D eigenvalue weighted by molar-refractivity contribution is 7.12. The highest BCUT2D eigenvalue weighted by atomic mass is 32.1. The summed E-state index contributed by atoms with van der Waals surface area (Å²) in [4.78, 5) is 51.9. The van der Waals surface area contributed by atoms with E-state index in [1.165, 1.54) is 16.2 Å². The number of amides is 5. The minimum Gasteiger partial charge on any atom is -0.313 e. The Kier molecular flexibility index (Phi) is 4.76. The number of nitrogens with one attached hydrogen (secondary N) is 2. The van der Waals surface area contributed by atoms with Crippen LogP contribution in [0.2, 0.25) is 0 Å². The molecule has 1 saturated carbocycles. The first kappa shape index (κ1) is 17.4. The van der Waals surface area contributed by atoms with Gasteiger partial charge >= 0.3 is 6.03 Å². The number of likely N-dealkylation sites (N-methyl/N-ethyl adjacent to an activating group) is 1. The number of rotatable bonds is 3. The van der Waals surface area contributed by atoms with Crippen molar-refractivity contribution in [3.8, 4) is 0 Å². The molecule has 2 fully saturated rings. The second-order valence-electron chi connectivity index (χ2n) is 6.30. The molecular weight excluding hydrogens is 344 g/mol. The molecule has 3 rings (SSSR count). The number of hydrazine groups is 1. The van der Waals surface area contributed by atoms with E-state index in [1.807, 2.05) is 0 Å². The average molecular weight is 364 g/mol. The number of hydrogen-bond donors (Lipinski definition) is 2. The van der Waals surface area contributed by atoms with Crippen LogP contribution in [0.15, 0.2) is 17.5 Å². The van der Waals surface area contributed by atoms with Gasteiger partial charge in [-0.05, 0) is 24.3 Å². The van der Waals surface area contributed by atoms with Gasteiger partial charge in [-0.15, -0.1) is 11.3 Å². The topological polar surface area (TPSA) is 98.8 Å². The first-order chi connectivity index (χ1) is 12.0. The molecule has 25 heavy (non-hydrogen) atoms. The first-order valence-electron chi connectivity index (χ1n) is 8.18. The third-order valence-electron chi connectivity index (χ3n) is 4.85. The fraction of sp³-hybridized carbons (Fsp3) is 0.500. The minimum atomic E-state index is -0.810. The lowest BCUT2D eigenvalue weighted by atomic mass is 9.81. The summed E-state index contributed by atoms with van der Waals surface area (Å²) in [6.07, 6.45) is 4.08. The minimum absolute atomic E-state index is 0.320. The summed E-state index contributed by atoms with van der Waals surface area (Å²) in [6, 6.07) is 2.89. The zero-order valence-corrected chi connectivity index (χ0v) is 14.7. The van der Waals surface area contributed by atoms with E-state index in [0.717, 1.165) is 24.2 Å². The zero-order chi connectivity index (χ0) is 18.0. The molecule has 2 N–H and O–H groups in total. The molecule has 9 heteroatoms. The maximum Gasteiger partial charge on any atom is 0.327 e. The van der Waals surface area contributed by atoms with Crippen molar-refractivity contribution in [1.29, 1.82) is 0 Å². The number of carbonyl (C=O) groups is 4. The standard InChI is InChI=1S/C16H20N4O4S/c1-19-15(24)20(14(23)16(19)7-3-2-4-8-16)10-12(21)17-18-13(22)11-6-5-9-25-11/h5-6,9H,2-4,7-8,10H2,1H3,(H,17,21)(H,18,22). The van der Waals surface area contributed by atoms with E-state index in [-0.39, 0.29) is 5.91 Å². The van der Waals surface area contributed by atoms with E-state index >= 15 is 0 Å². The Morgan fingerprint density at radius 1 is 1.20 bits per heavy atom. The second kappa shape index (κ2) is 6.83. The summed E-state index contributed by atoms with van der Waals surface area (Å²) >= 11 is 1.24. The Balaban J connectivity index is 1.60. The van der Waals surface area contributed by atoms with E-state index in [9.17, 15) is 19.2 Å². The van der Waals surface area contributed by atoms with Crippen LogP contribution in [0.25, 0.3) is 0 Å². The maximum atomic E-state index is 12.8. The smallest absolute Gasteiger partial charge is 0.313 e. The third kappa shape index (κ3) is 3.11. The molecule has 0 bridgehead atoms. The molecule has 0 unspecified atom stereocenters. The van der Waals surface area contributed by atoms with E-state index in [0.29, 0.717) is 17.7 Å². The van der Waals surface area contributed by atoms with E-state index < -0.39 is 29.9 Å². The molecular formula is C16H20N4O4S. The Morgan fingerprint density at radius 3 is 2.56 bits per heavy atom. The number of carbonyl (C=O) groups excluding carboxylic acids is 4. The number of thiophene rings is 1. The van der Waals surface area contributed by atoms with Gasteiger partial charge in [0.25, 0.3) is 17.7 Å². The molecule has 2 heterocycles. The van der Waals surface area contributed by atoms with Gasteiger partial charge in [0.05, 0.1) is 4.88 Å². The molecule has 1 saturated heterocycles. The van der Waals surface area contributed by atoms with Crippen LogP contribution in [0.3, 0.4) is 0 Å². The van der Waals surface area contributed by atoms with Gasteiger partial charge in [-0.1, -0.05) is 25.3 Å². The molecule has 1 aliphatic carbocycles. The summed E-state index contributed by atoms with van der Waals surface area (Å²) in [7, 11) is 1.61. The highest BCUT2D eigenvalue weighted by Gasteiger charge is 2.55. The van der Waals surface area contributed by atoms with Crippen molar-refractivity contribution in [1.82, 2.24) is 20.7 Å². The van der Waals surface area contributed by atoms with Crippen LogP contribution in [0.5, 0.6) is 0 Å². The van der Waals surface area contributed by atoms with Crippen molar-refractivity contribution >= 4 is 35.1 Å². The molecule has 1 aliphatic heterocycles. The van der Waals surface area contributed by atoms with Crippen LogP contribution >= 0.6 is 11.3 Å². The van der Waals surface area contributed by atoms with Gasteiger partial charge in [-0.25, -0.2) is 4.79 Å². The van der Waals surface area contributed by atoms with Crippen LogP contribution in [0.4, 0.5) is 4.79 Å². The first-order valence-corrected chi connectivity index (χ1v) is 9.06. The van der Waals surface area contributed by atoms with Gasteiger partial charge in [-0.2, -0.15) is 0 Å². The number of urea groups is 1. The van der Waals surface area contributed by atoms with Gasteiger partial charge in [-0.3, -0.25) is 30.1 Å². The molecule has 0 radical (unpaired) electrons. The van der Waals surface area contributed by atoms with E-state index in [1.54, 1.807) is 24.6 Å². The van der Waals surface area contributed by atoms with Crippen molar-refractivity contribution in [2.45, 2.75) is 37.6 Å². The molecule has 0 atom stereocenters. The lowest BCUT2D eigenvalue weighted by Crippen LogP contribution is -2.50. The summed E-state index contributed by atoms with van der Waals surface area (Å²) in [5.41, 5.74) is 3.72. The van der Waals surface area contributed by atoms with Crippen LogP contribution in [-0.2, 0) is 9.59 Å². The molecule has 0 aromatic carbocycles. The summed E-state index contributed by atoms with van der Waals surface area (Å²) < 4.78 is 0. The Hall–Kier alpha value is -2.42. The van der Waals surface area contributed by atoms with Gasteiger partial charge in [0, 0.05) is 7.05 Å². The molecule has 134 valence electrons. The normalized spacial score (nSPS) is 19.4. The lowest BCUT2D eigenvalue weighted by molar-refractivity contribution is -0.137.